The number of rotatable bonds is 7. The molecule has 0 aromatic carbocycles. The summed E-state index contributed by atoms with van der Waals surface area (Å²) in [5.41, 5.74) is -3.69. The Labute approximate surface area is 197 Å². The summed E-state index contributed by atoms with van der Waals surface area (Å²) >= 11 is 0. The molecule has 0 radical (unpaired) electrons. The third-order valence-electron chi connectivity index (χ3n) is 6.06. The minimum atomic E-state index is -5.43. The smallest absolute Gasteiger partial charge is 0.385 e. The number of aromatic nitrogens is 7. The van der Waals surface area contributed by atoms with E-state index in [4.69, 9.17) is 9.72 Å². The Morgan fingerprint density at radius 1 is 1.14 bits per heavy atom. The molecule has 5 rings (SSSR count). The summed E-state index contributed by atoms with van der Waals surface area (Å²) in [6.45, 7) is -0.526. The van der Waals surface area contributed by atoms with Crippen molar-refractivity contribution in [2.24, 2.45) is 7.05 Å². The van der Waals surface area contributed by atoms with Gasteiger partial charge in [0.05, 0.1) is 29.2 Å². The number of ether oxygens (including phenoxy) is 1. The molecule has 0 atom stereocenters. The zero-order valence-electron chi connectivity index (χ0n) is 18.7. The minimum Gasteiger partial charge on any atom is -0.385 e. The second kappa shape index (κ2) is 8.13. The number of sulfonamides is 1. The SMILES string of the molecule is COCCC1(n2cc(-c3nc(-c4cnn(C)c4)cc4nccn34)cn2)CN(S(=O)(=O)C(F)(F)F)C1. The number of hydrogen-bond acceptors (Lipinski definition) is 7. The first-order chi connectivity index (χ1) is 16.5. The lowest BCUT2D eigenvalue weighted by molar-refractivity contribution is -0.0585. The van der Waals surface area contributed by atoms with Crippen LogP contribution in [0.3, 0.4) is 0 Å². The van der Waals surface area contributed by atoms with Gasteiger partial charge in [0.15, 0.2) is 0 Å². The molecule has 0 amide bonds. The van der Waals surface area contributed by atoms with Crippen LogP contribution in [0.2, 0.25) is 0 Å². The van der Waals surface area contributed by atoms with Crippen LogP contribution < -0.4 is 0 Å². The maximum absolute atomic E-state index is 13.0. The van der Waals surface area contributed by atoms with E-state index in [1.54, 1.807) is 47.1 Å². The summed E-state index contributed by atoms with van der Waals surface area (Å²) in [6.07, 6.45) is 10.3. The van der Waals surface area contributed by atoms with E-state index in [9.17, 15) is 21.6 Å². The average Bonchev–Trinajstić information content (AvgIpc) is 3.52. The summed E-state index contributed by atoms with van der Waals surface area (Å²) in [5, 5.41) is 8.56. The van der Waals surface area contributed by atoms with Crippen LogP contribution in [0.25, 0.3) is 28.3 Å². The number of fused-ring (bicyclic) bond motifs is 1. The predicted molar refractivity (Wildman–Crippen MR) is 117 cm³/mol. The van der Waals surface area contributed by atoms with Gasteiger partial charge >= 0.3 is 15.5 Å². The molecule has 0 aliphatic carbocycles. The molecule has 15 heteroatoms. The van der Waals surface area contributed by atoms with E-state index in [1.807, 2.05) is 12.3 Å². The van der Waals surface area contributed by atoms with Crippen molar-refractivity contribution in [3.05, 3.63) is 43.2 Å². The Kier molecular flexibility index (Phi) is 5.45. The lowest BCUT2D eigenvalue weighted by Crippen LogP contribution is -2.66. The van der Waals surface area contributed by atoms with Crippen LogP contribution in [0.1, 0.15) is 6.42 Å². The van der Waals surface area contributed by atoms with E-state index in [0.717, 1.165) is 5.56 Å². The fourth-order valence-corrected chi connectivity index (χ4v) is 5.28. The second-order valence-electron chi connectivity index (χ2n) is 8.38. The number of nitrogens with zero attached hydrogens (tertiary/aromatic N) is 8. The van der Waals surface area contributed by atoms with Gasteiger partial charge in [-0.05, 0) is 6.42 Å². The molecule has 0 unspecified atom stereocenters. The van der Waals surface area contributed by atoms with Crippen molar-refractivity contribution in [1.82, 2.24) is 38.2 Å². The number of methoxy groups -OCH3 is 1. The molecule has 0 N–H and O–H groups in total. The molecular weight excluding hydrogens is 489 g/mol. The fraction of sp³-hybridized carbons (Fsp3) is 0.400. The third kappa shape index (κ3) is 3.88. The van der Waals surface area contributed by atoms with Crippen LogP contribution in [-0.2, 0) is 27.3 Å². The van der Waals surface area contributed by atoms with Crippen molar-refractivity contribution in [2.75, 3.05) is 26.8 Å². The van der Waals surface area contributed by atoms with Crippen LogP contribution in [0.5, 0.6) is 0 Å². The van der Waals surface area contributed by atoms with Crippen molar-refractivity contribution in [3.63, 3.8) is 0 Å². The molecule has 11 nitrogen and oxygen atoms in total. The molecule has 5 heterocycles. The monoisotopic (exact) mass is 510 g/mol. The number of halogens is 3. The van der Waals surface area contributed by atoms with Crippen molar-refractivity contribution < 1.29 is 26.3 Å². The molecule has 4 aromatic heterocycles. The van der Waals surface area contributed by atoms with E-state index in [1.165, 1.54) is 11.8 Å². The van der Waals surface area contributed by atoms with E-state index in [2.05, 4.69) is 15.2 Å². The Morgan fingerprint density at radius 2 is 1.89 bits per heavy atom. The Balaban J connectivity index is 1.52. The van der Waals surface area contributed by atoms with E-state index in [-0.39, 0.29) is 26.1 Å². The van der Waals surface area contributed by atoms with Gasteiger partial charge in [-0.3, -0.25) is 13.8 Å². The van der Waals surface area contributed by atoms with Crippen LogP contribution in [0.15, 0.2) is 43.2 Å². The molecule has 1 fully saturated rings. The van der Waals surface area contributed by atoms with Gasteiger partial charge < -0.3 is 4.74 Å². The highest BCUT2D eigenvalue weighted by atomic mass is 32.2. The molecule has 0 bridgehead atoms. The maximum atomic E-state index is 13.0. The number of imidazole rings is 1. The zero-order chi connectivity index (χ0) is 25.0. The topological polar surface area (TPSA) is 112 Å². The lowest BCUT2D eigenvalue weighted by atomic mass is 9.89. The van der Waals surface area contributed by atoms with Gasteiger partial charge in [-0.2, -0.15) is 27.7 Å². The largest absolute Gasteiger partial charge is 0.511 e. The van der Waals surface area contributed by atoms with Crippen LogP contribution in [0, 0.1) is 0 Å². The highest BCUT2D eigenvalue weighted by Gasteiger charge is 2.58. The van der Waals surface area contributed by atoms with Gasteiger partial charge in [-0.1, -0.05) is 0 Å². The molecule has 1 aliphatic rings. The molecule has 0 spiro atoms. The van der Waals surface area contributed by atoms with Crippen molar-refractivity contribution >= 4 is 15.7 Å². The van der Waals surface area contributed by atoms with Crippen molar-refractivity contribution in [2.45, 2.75) is 17.5 Å². The first kappa shape index (κ1) is 23.4. The Bertz CT molecular complexity index is 1480. The van der Waals surface area contributed by atoms with Gasteiger partial charge in [-0.25, -0.2) is 18.4 Å². The summed E-state index contributed by atoms with van der Waals surface area (Å²) in [6, 6.07) is 1.82. The molecule has 1 aliphatic heterocycles. The highest BCUT2D eigenvalue weighted by Crippen LogP contribution is 2.39. The predicted octanol–water partition coefficient (Wildman–Crippen LogP) is 1.89. The summed E-state index contributed by atoms with van der Waals surface area (Å²) in [5.74, 6) is 0.520. The van der Waals surface area contributed by atoms with Crippen LogP contribution >= 0.6 is 0 Å². The Morgan fingerprint density at radius 3 is 2.54 bits per heavy atom. The van der Waals surface area contributed by atoms with Gasteiger partial charge in [0.1, 0.15) is 11.5 Å². The Hall–Kier alpha value is -3.30. The normalized spacial score (nSPS) is 16.6. The molecule has 4 aromatic rings. The summed E-state index contributed by atoms with van der Waals surface area (Å²) < 4.78 is 73.3. The second-order valence-corrected chi connectivity index (χ2v) is 10.3. The van der Waals surface area contributed by atoms with Crippen LogP contribution in [0.4, 0.5) is 13.2 Å². The van der Waals surface area contributed by atoms with Gasteiger partial charge in [0.25, 0.3) is 0 Å². The van der Waals surface area contributed by atoms with Gasteiger partial charge in [0, 0.05) is 70.3 Å². The quantitative estimate of drug-likeness (QED) is 0.373. The molecule has 186 valence electrons. The van der Waals surface area contributed by atoms with Crippen molar-refractivity contribution in [3.8, 4) is 22.6 Å². The first-order valence-electron chi connectivity index (χ1n) is 10.5. The molecule has 35 heavy (non-hydrogen) atoms. The standard InChI is InChI=1S/C20H21F3N8O3S/c1-28-10-14(8-25-28)16-7-17-24-4-5-30(17)18(27-16)15-9-26-31(11-15)19(3-6-34-2)12-29(13-19)35(32,33)20(21,22)23/h4-5,7-11H,3,6,12-13H2,1-2H3. The minimum absolute atomic E-state index is 0.218. The molecular formula is C20H21F3N8O3S. The van der Waals surface area contributed by atoms with Crippen LogP contribution in [-0.4, -0.2) is 79.0 Å². The zero-order valence-corrected chi connectivity index (χ0v) is 19.5. The average molecular weight is 511 g/mol. The van der Waals surface area contributed by atoms with Gasteiger partial charge in [0.2, 0.25) is 0 Å². The summed E-state index contributed by atoms with van der Waals surface area (Å²) in [7, 11) is -2.16. The number of hydrogen-bond donors (Lipinski definition) is 0. The first-order valence-corrected chi connectivity index (χ1v) is 11.9. The summed E-state index contributed by atoms with van der Waals surface area (Å²) in [4.78, 5) is 9.10. The van der Waals surface area contributed by atoms with Gasteiger partial charge in [-0.15, -0.1) is 0 Å². The highest BCUT2D eigenvalue weighted by molar-refractivity contribution is 7.90. The van der Waals surface area contributed by atoms with E-state index >= 15 is 0 Å². The van der Waals surface area contributed by atoms with E-state index < -0.39 is 21.1 Å². The van der Waals surface area contributed by atoms with Crippen molar-refractivity contribution in [1.29, 1.82) is 0 Å². The van der Waals surface area contributed by atoms with E-state index in [0.29, 0.717) is 27.0 Å². The molecule has 1 saturated heterocycles. The third-order valence-corrected chi connectivity index (χ3v) is 7.59. The maximum Gasteiger partial charge on any atom is 0.511 e. The number of alkyl halides is 3. The lowest BCUT2D eigenvalue weighted by Gasteiger charge is -2.49. The molecule has 0 saturated carbocycles. The number of aryl methyl sites for hydroxylation is 1. The fourth-order valence-electron chi connectivity index (χ4n) is 4.16.